The van der Waals surface area contributed by atoms with E-state index >= 15 is 0 Å². The fourth-order valence-electron chi connectivity index (χ4n) is 0.909. The van der Waals surface area contributed by atoms with Gasteiger partial charge >= 0.3 is 0 Å². The summed E-state index contributed by atoms with van der Waals surface area (Å²) in [6.07, 6.45) is 6.88. The van der Waals surface area contributed by atoms with Crippen LogP contribution in [0, 0.1) is 6.92 Å². The maximum atomic E-state index is 2.24. The normalized spacial score (nSPS) is 11.1. The summed E-state index contributed by atoms with van der Waals surface area (Å²) >= 11 is 1.85. The van der Waals surface area contributed by atoms with Crippen LogP contribution in [0.15, 0.2) is 18.2 Å². The lowest BCUT2D eigenvalue weighted by Gasteiger charge is -1.83. The predicted octanol–water partition coefficient (Wildman–Crippen LogP) is 3.87. The molecule has 1 aromatic rings. The van der Waals surface area contributed by atoms with E-state index in [0.29, 0.717) is 0 Å². The molecule has 0 unspecified atom stereocenters. The summed E-state index contributed by atoms with van der Waals surface area (Å²) in [6.45, 7) is 4.34. The number of hydrogen-bond acceptors (Lipinski definition) is 1. The van der Waals surface area contributed by atoms with E-state index in [-0.39, 0.29) is 0 Å². The molecule has 0 fully saturated rings. The van der Waals surface area contributed by atoms with E-state index in [1.807, 2.05) is 11.3 Å². The third-order valence-corrected chi connectivity index (χ3v) is 2.46. The largest absolute Gasteiger partial charge is 0.141 e. The van der Waals surface area contributed by atoms with Crippen LogP contribution >= 0.6 is 11.3 Å². The van der Waals surface area contributed by atoms with Crippen LogP contribution in [0.3, 0.4) is 0 Å². The minimum absolute atomic E-state index is 1.19. The quantitative estimate of drug-likeness (QED) is 0.639. The summed E-state index contributed by atoms with van der Waals surface area (Å²) < 4.78 is 0. The van der Waals surface area contributed by atoms with Crippen LogP contribution in [0.5, 0.6) is 0 Å². The van der Waals surface area contributed by atoms with Gasteiger partial charge in [0.1, 0.15) is 0 Å². The van der Waals surface area contributed by atoms with Gasteiger partial charge in [-0.15, -0.1) is 11.3 Å². The van der Waals surface area contributed by atoms with Gasteiger partial charge in [-0.3, -0.25) is 0 Å². The fourth-order valence-corrected chi connectivity index (χ4v) is 1.72. The lowest BCUT2D eigenvalue weighted by atomic mass is 10.3. The number of thiophene rings is 1. The molecule has 11 heavy (non-hydrogen) atoms. The van der Waals surface area contributed by atoms with E-state index in [1.165, 1.54) is 22.6 Å². The van der Waals surface area contributed by atoms with Crippen molar-refractivity contribution in [1.82, 2.24) is 0 Å². The molecular formula is C10H14S. The van der Waals surface area contributed by atoms with E-state index in [0.717, 1.165) is 0 Å². The maximum absolute atomic E-state index is 2.24. The second kappa shape index (κ2) is 4.35. The van der Waals surface area contributed by atoms with Crippen molar-refractivity contribution < 1.29 is 0 Å². The molecule has 0 aromatic carbocycles. The minimum Gasteiger partial charge on any atom is -0.141 e. The molecule has 1 rings (SSSR count). The highest BCUT2D eigenvalue weighted by Crippen LogP contribution is 2.16. The molecule has 1 heterocycles. The third-order valence-electron chi connectivity index (χ3n) is 1.50. The number of allylic oxidation sites excluding steroid dienone is 1. The van der Waals surface area contributed by atoms with Crippen molar-refractivity contribution in [3.8, 4) is 0 Å². The van der Waals surface area contributed by atoms with Gasteiger partial charge < -0.3 is 0 Å². The summed E-state index contributed by atoms with van der Waals surface area (Å²) in [7, 11) is 0. The van der Waals surface area contributed by atoms with E-state index < -0.39 is 0 Å². The summed E-state index contributed by atoms with van der Waals surface area (Å²) in [5.74, 6) is 0. The molecule has 0 nitrogen and oxygen atoms in total. The molecule has 0 atom stereocenters. The second-order valence-corrected chi connectivity index (χ2v) is 3.96. The monoisotopic (exact) mass is 166 g/mol. The van der Waals surface area contributed by atoms with Crippen molar-refractivity contribution in [1.29, 1.82) is 0 Å². The van der Waals surface area contributed by atoms with Gasteiger partial charge in [0.15, 0.2) is 0 Å². The van der Waals surface area contributed by atoms with E-state index in [1.54, 1.807) is 0 Å². The Kier molecular flexibility index (Phi) is 3.37. The average molecular weight is 166 g/mol. The number of unbranched alkanes of at least 4 members (excludes halogenated alkanes) is 1. The Balaban J connectivity index is 2.50. The van der Waals surface area contributed by atoms with Crippen LogP contribution in [0.1, 0.15) is 29.5 Å². The topological polar surface area (TPSA) is 0 Å². The van der Waals surface area contributed by atoms with Gasteiger partial charge in [0.25, 0.3) is 0 Å². The highest BCUT2D eigenvalue weighted by molar-refractivity contribution is 7.12. The first-order valence-corrected chi connectivity index (χ1v) is 4.87. The highest BCUT2D eigenvalue weighted by atomic mass is 32.1. The van der Waals surface area contributed by atoms with Crippen LogP contribution < -0.4 is 0 Å². The van der Waals surface area contributed by atoms with Crippen molar-refractivity contribution in [2.24, 2.45) is 0 Å². The van der Waals surface area contributed by atoms with Crippen LogP contribution in [0.2, 0.25) is 0 Å². The molecule has 1 aromatic heterocycles. The Morgan fingerprint density at radius 3 is 2.82 bits per heavy atom. The van der Waals surface area contributed by atoms with Crippen LogP contribution in [0.4, 0.5) is 0 Å². The van der Waals surface area contributed by atoms with Gasteiger partial charge in [-0.05, 0) is 31.6 Å². The average Bonchev–Trinajstić information content (AvgIpc) is 2.37. The molecule has 0 aliphatic heterocycles. The highest BCUT2D eigenvalue weighted by Gasteiger charge is 1.89. The lowest BCUT2D eigenvalue weighted by molar-refractivity contribution is 0.962. The number of aryl methyl sites for hydroxylation is 1. The van der Waals surface area contributed by atoms with Crippen molar-refractivity contribution in [3.63, 3.8) is 0 Å². The van der Waals surface area contributed by atoms with Gasteiger partial charge in [-0.2, -0.15) is 0 Å². The molecule has 0 saturated heterocycles. The predicted molar refractivity (Wildman–Crippen MR) is 53.0 cm³/mol. The molecular weight excluding hydrogens is 152 g/mol. The molecule has 60 valence electrons. The fraction of sp³-hybridized carbons (Fsp3) is 0.400. The summed E-state index contributed by atoms with van der Waals surface area (Å²) in [5, 5.41) is 0. The van der Waals surface area contributed by atoms with Gasteiger partial charge in [0.2, 0.25) is 0 Å². The smallest absolute Gasteiger partial charge is 0.0269 e. The Morgan fingerprint density at radius 2 is 2.27 bits per heavy atom. The van der Waals surface area contributed by atoms with Gasteiger partial charge in [-0.25, -0.2) is 0 Å². The zero-order chi connectivity index (χ0) is 8.10. The first-order chi connectivity index (χ1) is 5.33. The van der Waals surface area contributed by atoms with E-state index in [2.05, 4.69) is 38.1 Å². The van der Waals surface area contributed by atoms with Crippen molar-refractivity contribution in [3.05, 3.63) is 28.0 Å². The first kappa shape index (κ1) is 8.54. The molecule has 0 bridgehead atoms. The summed E-state index contributed by atoms with van der Waals surface area (Å²) in [4.78, 5) is 2.76. The van der Waals surface area contributed by atoms with Gasteiger partial charge in [0, 0.05) is 9.75 Å². The van der Waals surface area contributed by atoms with Crippen molar-refractivity contribution in [2.75, 3.05) is 0 Å². The molecule has 0 N–H and O–H groups in total. The SMILES string of the molecule is CCC/C=C\c1ccc(C)s1. The first-order valence-electron chi connectivity index (χ1n) is 4.06. The van der Waals surface area contributed by atoms with E-state index in [9.17, 15) is 0 Å². The molecule has 0 radical (unpaired) electrons. The maximum Gasteiger partial charge on any atom is 0.0269 e. The molecule has 0 aliphatic carbocycles. The van der Waals surface area contributed by atoms with Crippen molar-refractivity contribution in [2.45, 2.75) is 26.7 Å². The Labute approximate surface area is 72.6 Å². The van der Waals surface area contributed by atoms with Gasteiger partial charge in [-0.1, -0.05) is 19.4 Å². The van der Waals surface area contributed by atoms with Crippen LogP contribution in [0.25, 0.3) is 6.08 Å². The molecule has 0 spiro atoms. The zero-order valence-electron chi connectivity index (χ0n) is 7.13. The summed E-state index contributed by atoms with van der Waals surface area (Å²) in [5.41, 5.74) is 0. The molecule has 1 heteroatoms. The molecule has 0 saturated carbocycles. The molecule has 0 aliphatic rings. The van der Waals surface area contributed by atoms with Gasteiger partial charge in [0.05, 0.1) is 0 Å². The standard InChI is InChI=1S/C10H14S/c1-3-4-5-6-10-8-7-9(2)11-10/h5-8H,3-4H2,1-2H3/b6-5-. The lowest BCUT2D eigenvalue weighted by Crippen LogP contribution is -1.60. The Hall–Kier alpha value is -0.560. The minimum atomic E-state index is 1.19. The Morgan fingerprint density at radius 1 is 1.45 bits per heavy atom. The van der Waals surface area contributed by atoms with E-state index in [4.69, 9.17) is 0 Å². The zero-order valence-corrected chi connectivity index (χ0v) is 7.95. The van der Waals surface area contributed by atoms with Crippen LogP contribution in [-0.2, 0) is 0 Å². The van der Waals surface area contributed by atoms with Crippen LogP contribution in [-0.4, -0.2) is 0 Å². The second-order valence-electron chi connectivity index (χ2n) is 2.64. The summed E-state index contributed by atoms with van der Waals surface area (Å²) in [6, 6.07) is 4.34. The van der Waals surface area contributed by atoms with Crippen molar-refractivity contribution >= 4 is 17.4 Å². The molecule has 0 amide bonds. The third kappa shape index (κ3) is 2.89. The Bertz CT molecular complexity index is 233. The number of rotatable bonds is 3. The number of hydrogen-bond donors (Lipinski definition) is 0.